The fraction of sp³-hybridized carbons (Fsp3) is 0.611. The van der Waals surface area contributed by atoms with E-state index in [1.165, 1.54) is 17.7 Å². The molecule has 0 spiro atoms. The number of anilines is 1. The average Bonchev–Trinajstić information content (AvgIpc) is 2.63. The monoisotopic (exact) mass is 317 g/mol. The van der Waals surface area contributed by atoms with Crippen LogP contribution < -0.4 is 10.2 Å². The van der Waals surface area contributed by atoms with E-state index in [1.807, 2.05) is 11.9 Å². The highest BCUT2D eigenvalue weighted by Crippen LogP contribution is 2.23. The van der Waals surface area contributed by atoms with Gasteiger partial charge < -0.3 is 19.9 Å². The van der Waals surface area contributed by atoms with E-state index in [4.69, 9.17) is 4.74 Å². The van der Waals surface area contributed by atoms with Crippen LogP contribution in [0.4, 0.5) is 5.69 Å². The van der Waals surface area contributed by atoms with Gasteiger partial charge in [0.1, 0.15) is 0 Å². The number of benzene rings is 1. The first-order valence-corrected chi connectivity index (χ1v) is 8.64. The summed E-state index contributed by atoms with van der Waals surface area (Å²) >= 11 is 0. The van der Waals surface area contributed by atoms with Gasteiger partial charge in [0.25, 0.3) is 0 Å². The number of para-hydroxylation sites is 1. The molecular weight excluding hydrogens is 290 g/mol. The minimum atomic E-state index is -0.00991. The van der Waals surface area contributed by atoms with Gasteiger partial charge in [-0.2, -0.15) is 0 Å². The number of piperidine rings is 1. The van der Waals surface area contributed by atoms with Crippen LogP contribution in [0.2, 0.25) is 0 Å². The van der Waals surface area contributed by atoms with Gasteiger partial charge in [-0.25, -0.2) is 0 Å². The van der Waals surface area contributed by atoms with Crippen molar-refractivity contribution in [3.8, 4) is 0 Å². The number of hydrogen-bond donors (Lipinski definition) is 1. The van der Waals surface area contributed by atoms with Crippen LogP contribution in [0.15, 0.2) is 24.3 Å². The van der Waals surface area contributed by atoms with Gasteiger partial charge in [0.2, 0.25) is 5.91 Å². The molecule has 2 aliphatic rings. The molecule has 2 heterocycles. The number of rotatable bonds is 4. The maximum absolute atomic E-state index is 12.6. The Balaban J connectivity index is 1.67. The minimum Gasteiger partial charge on any atom is -0.378 e. The van der Waals surface area contributed by atoms with Crippen molar-refractivity contribution in [3.63, 3.8) is 0 Å². The van der Waals surface area contributed by atoms with Crippen LogP contribution in [-0.2, 0) is 16.1 Å². The normalized spacial score (nSPS) is 22.0. The molecule has 1 aromatic rings. The highest BCUT2D eigenvalue weighted by atomic mass is 16.5. The first-order valence-electron chi connectivity index (χ1n) is 8.64. The Morgan fingerprint density at radius 1 is 1.30 bits per heavy atom. The lowest BCUT2D eigenvalue weighted by atomic mass is 10.0. The predicted molar refractivity (Wildman–Crippen MR) is 91.6 cm³/mol. The van der Waals surface area contributed by atoms with Gasteiger partial charge in [0, 0.05) is 32.4 Å². The average molecular weight is 317 g/mol. The van der Waals surface area contributed by atoms with Gasteiger partial charge >= 0.3 is 0 Å². The number of hydrogen-bond acceptors (Lipinski definition) is 4. The van der Waals surface area contributed by atoms with Crippen LogP contribution >= 0.6 is 0 Å². The molecule has 2 saturated heterocycles. The van der Waals surface area contributed by atoms with Gasteiger partial charge in [-0.05, 0) is 31.0 Å². The Kier molecular flexibility index (Phi) is 5.51. The van der Waals surface area contributed by atoms with Crippen molar-refractivity contribution in [2.24, 2.45) is 0 Å². The number of carbonyl (C=O) groups excluding carboxylic acids is 1. The quantitative estimate of drug-likeness (QED) is 0.917. The van der Waals surface area contributed by atoms with Crippen molar-refractivity contribution in [2.45, 2.75) is 31.8 Å². The molecule has 5 nitrogen and oxygen atoms in total. The summed E-state index contributed by atoms with van der Waals surface area (Å²) in [5.41, 5.74) is 2.44. The molecule has 0 bridgehead atoms. The third-order valence-corrected chi connectivity index (χ3v) is 4.74. The molecule has 2 aliphatic heterocycles. The van der Waals surface area contributed by atoms with E-state index in [1.54, 1.807) is 0 Å². The summed E-state index contributed by atoms with van der Waals surface area (Å²) in [5, 5.41) is 3.35. The fourth-order valence-electron chi connectivity index (χ4n) is 3.42. The maximum Gasteiger partial charge on any atom is 0.239 e. The molecule has 1 N–H and O–H groups in total. The largest absolute Gasteiger partial charge is 0.378 e. The minimum absolute atomic E-state index is 0.00991. The van der Waals surface area contributed by atoms with Gasteiger partial charge in [0.05, 0.1) is 19.3 Å². The SMILES string of the molecule is CN(Cc1ccccc1N1CCOCC1)C(=O)[C@H]1CCCCN1. The van der Waals surface area contributed by atoms with Crippen LogP contribution in [-0.4, -0.2) is 56.7 Å². The van der Waals surface area contributed by atoms with Crippen LogP contribution in [0.1, 0.15) is 24.8 Å². The van der Waals surface area contributed by atoms with Crippen molar-refractivity contribution in [1.29, 1.82) is 0 Å². The van der Waals surface area contributed by atoms with Crippen molar-refractivity contribution in [1.82, 2.24) is 10.2 Å². The van der Waals surface area contributed by atoms with Gasteiger partial charge in [-0.3, -0.25) is 4.79 Å². The van der Waals surface area contributed by atoms with E-state index in [9.17, 15) is 4.79 Å². The third kappa shape index (κ3) is 4.03. The van der Waals surface area contributed by atoms with Crippen molar-refractivity contribution in [2.75, 3.05) is 44.8 Å². The van der Waals surface area contributed by atoms with E-state index in [0.717, 1.165) is 45.7 Å². The Morgan fingerprint density at radius 2 is 2.09 bits per heavy atom. The Bertz CT molecular complexity index is 523. The Labute approximate surface area is 138 Å². The van der Waals surface area contributed by atoms with Crippen LogP contribution in [0.5, 0.6) is 0 Å². The molecule has 1 atom stereocenters. The molecule has 0 unspecified atom stereocenters. The first-order chi connectivity index (χ1) is 11.3. The lowest BCUT2D eigenvalue weighted by Crippen LogP contribution is -2.47. The molecule has 0 aliphatic carbocycles. The van der Waals surface area contributed by atoms with Gasteiger partial charge in [-0.15, -0.1) is 0 Å². The van der Waals surface area contributed by atoms with Crippen molar-refractivity contribution < 1.29 is 9.53 Å². The first kappa shape index (κ1) is 16.3. The molecule has 0 radical (unpaired) electrons. The Morgan fingerprint density at radius 3 is 2.83 bits per heavy atom. The smallest absolute Gasteiger partial charge is 0.239 e. The van der Waals surface area contributed by atoms with E-state index in [0.29, 0.717) is 6.54 Å². The van der Waals surface area contributed by atoms with E-state index in [2.05, 4.69) is 34.5 Å². The molecular formula is C18H27N3O2. The zero-order chi connectivity index (χ0) is 16.1. The van der Waals surface area contributed by atoms with Gasteiger partial charge in [-0.1, -0.05) is 24.6 Å². The van der Waals surface area contributed by atoms with Crippen molar-refractivity contribution >= 4 is 11.6 Å². The number of carbonyl (C=O) groups is 1. The summed E-state index contributed by atoms with van der Waals surface area (Å²) in [6.07, 6.45) is 3.27. The fourth-order valence-corrected chi connectivity index (χ4v) is 3.42. The summed E-state index contributed by atoms with van der Waals surface area (Å²) in [6, 6.07) is 8.39. The van der Waals surface area contributed by atoms with Crippen LogP contribution in [0, 0.1) is 0 Å². The Hall–Kier alpha value is -1.59. The topological polar surface area (TPSA) is 44.8 Å². The lowest BCUT2D eigenvalue weighted by molar-refractivity contribution is -0.133. The highest BCUT2D eigenvalue weighted by molar-refractivity contribution is 5.82. The number of nitrogens with one attached hydrogen (secondary N) is 1. The summed E-state index contributed by atoms with van der Waals surface area (Å²) < 4.78 is 5.45. The number of likely N-dealkylation sites (N-methyl/N-ethyl adjacent to an activating group) is 1. The number of nitrogens with zero attached hydrogens (tertiary/aromatic N) is 2. The van der Waals surface area contributed by atoms with Gasteiger partial charge in [0.15, 0.2) is 0 Å². The maximum atomic E-state index is 12.6. The van der Waals surface area contributed by atoms with Crippen molar-refractivity contribution in [3.05, 3.63) is 29.8 Å². The zero-order valence-electron chi connectivity index (χ0n) is 14.0. The highest BCUT2D eigenvalue weighted by Gasteiger charge is 2.24. The summed E-state index contributed by atoms with van der Waals surface area (Å²) in [6.45, 7) is 4.99. The molecule has 0 aromatic heterocycles. The molecule has 1 amide bonds. The molecule has 1 aromatic carbocycles. The van der Waals surface area contributed by atoms with E-state index in [-0.39, 0.29) is 11.9 Å². The van der Waals surface area contributed by atoms with E-state index >= 15 is 0 Å². The second-order valence-corrected chi connectivity index (χ2v) is 6.42. The number of amides is 1. The molecule has 3 rings (SSSR count). The molecule has 0 saturated carbocycles. The molecule has 126 valence electrons. The summed E-state index contributed by atoms with van der Waals surface area (Å²) in [4.78, 5) is 16.8. The molecule has 23 heavy (non-hydrogen) atoms. The third-order valence-electron chi connectivity index (χ3n) is 4.74. The predicted octanol–water partition coefficient (Wildman–Crippen LogP) is 1.62. The standard InChI is InChI=1S/C18H27N3O2/c1-20(18(22)16-7-4-5-9-19-16)14-15-6-2-3-8-17(15)21-10-12-23-13-11-21/h2-3,6,8,16,19H,4-5,7,9-14H2,1H3/t16-/m1/s1. The lowest BCUT2D eigenvalue weighted by Gasteiger charge is -2.32. The summed E-state index contributed by atoms with van der Waals surface area (Å²) in [7, 11) is 1.91. The van der Waals surface area contributed by atoms with Crippen LogP contribution in [0.3, 0.4) is 0 Å². The molecule has 5 heteroatoms. The van der Waals surface area contributed by atoms with Crippen LogP contribution in [0.25, 0.3) is 0 Å². The zero-order valence-corrected chi connectivity index (χ0v) is 14.0. The summed E-state index contributed by atoms with van der Waals surface area (Å²) in [5.74, 6) is 0.210. The number of ether oxygens (including phenoxy) is 1. The number of morpholine rings is 1. The molecule has 2 fully saturated rings. The second kappa shape index (κ2) is 7.79. The van der Waals surface area contributed by atoms with E-state index < -0.39 is 0 Å². The second-order valence-electron chi connectivity index (χ2n) is 6.42.